The van der Waals surface area contributed by atoms with Crippen molar-refractivity contribution in [2.45, 2.75) is 25.7 Å². The lowest BCUT2D eigenvalue weighted by atomic mass is 10.1. The van der Waals surface area contributed by atoms with Gasteiger partial charge >= 0.3 is 0 Å². The van der Waals surface area contributed by atoms with E-state index in [-0.39, 0.29) is 5.91 Å². The molecule has 1 aromatic carbocycles. The second kappa shape index (κ2) is 5.77. The Morgan fingerprint density at radius 3 is 2.88 bits per heavy atom. The number of nitrogens with zero attached hydrogens (tertiary/aromatic N) is 2. The first-order valence-electron chi connectivity index (χ1n) is 8.08. The number of methoxy groups -OCH3 is 1. The zero-order valence-electron chi connectivity index (χ0n) is 14.0. The molecule has 0 atom stereocenters. The van der Waals surface area contributed by atoms with E-state index in [1.165, 1.54) is 0 Å². The van der Waals surface area contributed by atoms with Gasteiger partial charge in [-0.15, -0.1) is 0 Å². The molecular formula is C18H18N4O3. The third-order valence-corrected chi connectivity index (χ3v) is 4.39. The van der Waals surface area contributed by atoms with E-state index >= 15 is 0 Å². The summed E-state index contributed by atoms with van der Waals surface area (Å²) in [6, 6.07) is 6.95. The molecular weight excluding hydrogens is 320 g/mol. The molecule has 0 bridgehead atoms. The summed E-state index contributed by atoms with van der Waals surface area (Å²) >= 11 is 0. The fourth-order valence-corrected chi connectivity index (χ4v) is 2.84. The van der Waals surface area contributed by atoms with Crippen LogP contribution in [0.2, 0.25) is 0 Å². The number of nitrogen functional groups attached to an aromatic ring is 1. The van der Waals surface area contributed by atoms with E-state index in [1.807, 2.05) is 6.07 Å². The summed E-state index contributed by atoms with van der Waals surface area (Å²) in [6.45, 7) is 1.79. The molecule has 2 heterocycles. The number of nitrogens with two attached hydrogens (primary N) is 1. The van der Waals surface area contributed by atoms with Crippen LogP contribution in [-0.2, 0) is 0 Å². The number of carbonyl (C=O) groups is 1. The molecule has 1 fully saturated rings. The Balaban J connectivity index is 1.76. The maximum atomic E-state index is 12.9. The quantitative estimate of drug-likeness (QED) is 0.708. The fraction of sp³-hybridized carbons (Fsp3) is 0.278. The van der Waals surface area contributed by atoms with E-state index in [1.54, 1.807) is 32.2 Å². The molecule has 1 aliphatic carbocycles. The van der Waals surface area contributed by atoms with E-state index in [9.17, 15) is 4.79 Å². The minimum atomic E-state index is -0.277. The Hall–Kier alpha value is -3.09. The largest absolute Gasteiger partial charge is 0.497 e. The van der Waals surface area contributed by atoms with Gasteiger partial charge in [0.25, 0.3) is 11.6 Å². The molecule has 128 valence electrons. The molecule has 4 rings (SSSR count). The van der Waals surface area contributed by atoms with Gasteiger partial charge in [-0.25, -0.2) is 4.98 Å². The first kappa shape index (κ1) is 15.4. The Labute approximate surface area is 144 Å². The fourth-order valence-electron chi connectivity index (χ4n) is 2.84. The van der Waals surface area contributed by atoms with Crippen molar-refractivity contribution in [1.82, 2.24) is 10.1 Å². The SMILES string of the molecule is COc1ccc(N)c(NC(=O)c2cc(C3CC3)nc3onc(C)c23)c1. The number of amides is 1. The number of fused-ring (bicyclic) bond motifs is 1. The number of rotatable bonds is 4. The molecule has 1 amide bonds. The number of anilines is 2. The van der Waals surface area contributed by atoms with Crippen LogP contribution in [-0.4, -0.2) is 23.2 Å². The van der Waals surface area contributed by atoms with Gasteiger partial charge in [0.1, 0.15) is 5.75 Å². The summed E-state index contributed by atoms with van der Waals surface area (Å²) in [5.74, 6) is 0.730. The molecule has 0 radical (unpaired) electrons. The molecule has 0 saturated heterocycles. The van der Waals surface area contributed by atoms with Crippen LogP contribution in [0.1, 0.15) is 40.5 Å². The summed E-state index contributed by atoms with van der Waals surface area (Å²) in [7, 11) is 1.56. The van der Waals surface area contributed by atoms with E-state index in [0.29, 0.717) is 45.4 Å². The number of hydrogen-bond acceptors (Lipinski definition) is 6. The zero-order chi connectivity index (χ0) is 17.6. The number of nitrogens with one attached hydrogen (secondary N) is 1. The van der Waals surface area contributed by atoms with Gasteiger partial charge in [0.15, 0.2) is 0 Å². The summed E-state index contributed by atoms with van der Waals surface area (Å²) in [5.41, 5.74) is 9.31. The van der Waals surface area contributed by atoms with E-state index < -0.39 is 0 Å². The summed E-state index contributed by atoms with van der Waals surface area (Å²) < 4.78 is 10.5. The lowest BCUT2D eigenvalue weighted by Gasteiger charge is -2.11. The molecule has 3 aromatic rings. The molecule has 0 aliphatic heterocycles. The van der Waals surface area contributed by atoms with Crippen LogP contribution in [0.3, 0.4) is 0 Å². The second-order valence-electron chi connectivity index (χ2n) is 6.22. The Kier molecular flexibility index (Phi) is 3.56. The molecule has 0 spiro atoms. The van der Waals surface area contributed by atoms with Gasteiger partial charge in [0.05, 0.1) is 35.1 Å². The first-order chi connectivity index (χ1) is 12.1. The molecule has 0 unspecified atom stereocenters. The molecule has 3 N–H and O–H groups in total. The lowest BCUT2D eigenvalue weighted by Crippen LogP contribution is -2.14. The van der Waals surface area contributed by atoms with Crippen LogP contribution in [0.4, 0.5) is 11.4 Å². The maximum absolute atomic E-state index is 12.9. The predicted molar refractivity (Wildman–Crippen MR) is 93.9 cm³/mol. The number of aromatic nitrogens is 2. The first-order valence-corrected chi connectivity index (χ1v) is 8.08. The van der Waals surface area contributed by atoms with Crippen molar-refractivity contribution in [1.29, 1.82) is 0 Å². The minimum absolute atomic E-state index is 0.277. The standard InChI is InChI=1S/C18H18N4O3/c1-9-16-12(8-14(10-3-4-10)21-18(16)25-22-9)17(23)20-15-7-11(24-2)5-6-13(15)19/h5-8,10H,3-4,19H2,1-2H3,(H,20,23). The highest BCUT2D eigenvalue weighted by atomic mass is 16.5. The van der Waals surface area contributed by atoms with Gasteiger partial charge in [0.2, 0.25) is 0 Å². The number of benzene rings is 1. The van der Waals surface area contributed by atoms with Crippen molar-refractivity contribution >= 4 is 28.4 Å². The van der Waals surface area contributed by atoms with Gasteiger partial charge < -0.3 is 20.3 Å². The Morgan fingerprint density at radius 2 is 2.16 bits per heavy atom. The smallest absolute Gasteiger partial charge is 0.259 e. The van der Waals surface area contributed by atoms with Crippen LogP contribution in [0.25, 0.3) is 11.1 Å². The predicted octanol–water partition coefficient (Wildman–Crippen LogP) is 3.25. The molecule has 1 aliphatic rings. The minimum Gasteiger partial charge on any atom is -0.497 e. The van der Waals surface area contributed by atoms with Crippen LogP contribution in [0.5, 0.6) is 5.75 Å². The number of hydrogen-bond donors (Lipinski definition) is 2. The number of pyridine rings is 1. The average molecular weight is 338 g/mol. The Bertz CT molecular complexity index is 976. The third kappa shape index (κ3) is 2.77. The number of aryl methyl sites for hydroxylation is 1. The number of carbonyl (C=O) groups excluding carboxylic acids is 1. The van der Waals surface area contributed by atoms with Crippen molar-refractivity contribution in [2.75, 3.05) is 18.2 Å². The normalized spacial score (nSPS) is 13.8. The van der Waals surface area contributed by atoms with Crippen molar-refractivity contribution in [3.05, 3.63) is 41.2 Å². The van der Waals surface area contributed by atoms with E-state index in [4.69, 9.17) is 15.0 Å². The molecule has 2 aromatic heterocycles. The number of ether oxygens (including phenoxy) is 1. The topological polar surface area (TPSA) is 103 Å². The van der Waals surface area contributed by atoms with Gasteiger partial charge in [-0.2, -0.15) is 0 Å². The molecule has 7 heteroatoms. The highest BCUT2D eigenvalue weighted by Crippen LogP contribution is 2.40. The van der Waals surface area contributed by atoms with Crippen molar-refractivity contribution in [3.8, 4) is 5.75 Å². The summed E-state index contributed by atoms with van der Waals surface area (Å²) in [5, 5.41) is 7.43. The molecule has 25 heavy (non-hydrogen) atoms. The third-order valence-electron chi connectivity index (χ3n) is 4.39. The highest BCUT2D eigenvalue weighted by Gasteiger charge is 2.28. The molecule has 7 nitrogen and oxygen atoms in total. The van der Waals surface area contributed by atoms with E-state index in [0.717, 1.165) is 18.5 Å². The van der Waals surface area contributed by atoms with E-state index in [2.05, 4.69) is 15.5 Å². The van der Waals surface area contributed by atoms with Crippen molar-refractivity contribution in [3.63, 3.8) is 0 Å². The summed E-state index contributed by atoms with van der Waals surface area (Å²) in [4.78, 5) is 17.4. The van der Waals surface area contributed by atoms with Gasteiger partial charge in [-0.05, 0) is 38.0 Å². The van der Waals surface area contributed by atoms with Crippen LogP contribution < -0.4 is 15.8 Å². The monoisotopic (exact) mass is 338 g/mol. The zero-order valence-corrected chi connectivity index (χ0v) is 14.0. The van der Waals surface area contributed by atoms with Crippen molar-refractivity contribution in [2.24, 2.45) is 0 Å². The second-order valence-corrected chi connectivity index (χ2v) is 6.22. The maximum Gasteiger partial charge on any atom is 0.259 e. The van der Waals surface area contributed by atoms with Crippen LogP contribution >= 0.6 is 0 Å². The van der Waals surface area contributed by atoms with Gasteiger partial charge in [0, 0.05) is 17.7 Å². The highest BCUT2D eigenvalue weighted by molar-refractivity contribution is 6.13. The van der Waals surface area contributed by atoms with Crippen LogP contribution in [0.15, 0.2) is 28.8 Å². The lowest BCUT2D eigenvalue weighted by molar-refractivity contribution is 0.102. The average Bonchev–Trinajstić information content (AvgIpc) is 3.40. The van der Waals surface area contributed by atoms with Crippen molar-refractivity contribution < 1.29 is 14.1 Å². The Morgan fingerprint density at radius 1 is 1.36 bits per heavy atom. The van der Waals surface area contributed by atoms with Gasteiger partial charge in [-0.1, -0.05) is 5.16 Å². The van der Waals surface area contributed by atoms with Gasteiger partial charge in [-0.3, -0.25) is 4.79 Å². The summed E-state index contributed by atoms with van der Waals surface area (Å²) in [6.07, 6.45) is 2.16. The molecule has 1 saturated carbocycles. The van der Waals surface area contributed by atoms with Crippen LogP contribution in [0, 0.1) is 6.92 Å².